The van der Waals surface area contributed by atoms with E-state index in [1.807, 2.05) is 0 Å². The maximum absolute atomic E-state index is 11.5. The molecule has 1 aromatic carbocycles. The van der Waals surface area contributed by atoms with Crippen molar-refractivity contribution >= 4 is 23.7 Å². The molecule has 1 saturated heterocycles. The molecule has 0 spiro atoms. The monoisotopic (exact) mass is 217 g/mol. The number of benzene rings is 1. The van der Waals surface area contributed by atoms with Crippen LogP contribution in [0.1, 0.15) is 23.2 Å². The highest BCUT2D eigenvalue weighted by atomic mass is 16.2. The summed E-state index contributed by atoms with van der Waals surface area (Å²) >= 11 is 0. The van der Waals surface area contributed by atoms with E-state index >= 15 is 0 Å². The Hall–Kier alpha value is -1.97. The average molecular weight is 217 g/mol. The van der Waals surface area contributed by atoms with E-state index in [9.17, 15) is 14.4 Å². The van der Waals surface area contributed by atoms with Crippen LogP contribution < -0.4 is 4.90 Å². The molecule has 16 heavy (non-hydrogen) atoms. The molecule has 0 aromatic heterocycles. The number of Topliss-reactive ketones (excluding diaryl/α,β-unsaturated/α-hetero) is 1. The highest BCUT2D eigenvalue weighted by Gasteiger charge is 2.22. The van der Waals surface area contributed by atoms with Crippen molar-refractivity contribution in [2.75, 3.05) is 11.4 Å². The molecule has 4 nitrogen and oxygen atoms in total. The minimum absolute atomic E-state index is 0.0655. The first-order chi connectivity index (χ1) is 7.72. The Morgan fingerprint density at radius 3 is 2.81 bits per heavy atom. The van der Waals surface area contributed by atoms with Gasteiger partial charge in [-0.25, -0.2) is 0 Å². The number of anilines is 1. The fourth-order valence-corrected chi connectivity index (χ4v) is 1.82. The normalized spacial score (nSPS) is 15.2. The van der Waals surface area contributed by atoms with Gasteiger partial charge in [-0.2, -0.15) is 0 Å². The third kappa shape index (κ3) is 1.86. The summed E-state index contributed by atoms with van der Waals surface area (Å²) in [5, 5.41) is 0. The van der Waals surface area contributed by atoms with Crippen LogP contribution in [-0.2, 0) is 9.59 Å². The van der Waals surface area contributed by atoms with Gasteiger partial charge in [0.25, 0.3) is 0 Å². The zero-order chi connectivity index (χ0) is 11.5. The van der Waals surface area contributed by atoms with Gasteiger partial charge in [0, 0.05) is 24.2 Å². The molecular weight excluding hydrogens is 206 g/mol. The Bertz CT molecular complexity index is 453. The lowest BCUT2D eigenvalue weighted by atomic mass is 10.1. The van der Waals surface area contributed by atoms with Crippen molar-refractivity contribution in [3.05, 3.63) is 29.8 Å². The molecule has 2 rings (SSSR count). The number of amides is 1. The zero-order valence-corrected chi connectivity index (χ0v) is 8.68. The van der Waals surface area contributed by atoms with Crippen LogP contribution in [0.4, 0.5) is 5.69 Å². The minimum Gasteiger partial charge on any atom is -0.312 e. The lowest BCUT2D eigenvalue weighted by Gasteiger charge is -2.15. The molecular formula is C12H11NO3. The van der Waals surface area contributed by atoms with Gasteiger partial charge in [-0.05, 0) is 18.6 Å². The second-order valence-corrected chi connectivity index (χ2v) is 3.68. The molecule has 0 radical (unpaired) electrons. The van der Waals surface area contributed by atoms with Gasteiger partial charge in [0.1, 0.15) is 0 Å². The second kappa shape index (κ2) is 4.26. The summed E-state index contributed by atoms with van der Waals surface area (Å²) in [4.78, 5) is 34.7. The molecule has 0 atom stereocenters. The number of aldehydes is 1. The quantitative estimate of drug-likeness (QED) is 0.434. The van der Waals surface area contributed by atoms with Gasteiger partial charge >= 0.3 is 0 Å². The molecule has 82 valence electrons. The van der Waals surface area contributed by atoms with Crippen molar-refractivity contribution in [2.45, 2.75) is 12.8 Å². The lowest BCUT2D eigenvalue weighted by Crippen LogP contribution is -2.23. The largest absolute Gasteiger partial charge is 0.312 e. The van der Waals surface area contributed by atoms with E-state index in [-0.39, 0.29) is 12.2 Å². The van der Waals surface area contributed by atoms with Crippen molar-refractivity contribution in [3.8, 4) is 0 Å². The Labute approximate surface area is 92.9 Å². The Morgan fingerprint density at radius 1 is 1.38 bits per heavy atom. The van der Waals surface area contributed by atoms with Gasteiger partial charge in [-0.3, -0.25) is 14.4 Å². The average Bonchev–Trinajstić information content (AvgIpc) is 2.74. The predicted octanol–water partition coefficient (Wildman–Crippen LogP) is 1.20. The van der Waals surface area contributed by atoms with Crippen LogP contribution in [0.2, 0.25) is 0 Å². The van der Waals surface area contributed by atoms with Crippen LogP contribution in [0.25, 0.3) is 0 Å². The molecule has 0 unspecified atom stereocenters. The van der Waals surface area contributed by atoms with Crippen LogP contribution in [0.3, 0.4) is 0 Å². The van der Waals surface area contributed by atoms with Crippen molar-refractivity contribution in [2.24, 2.45) is 0 Å². The van der Waals surface area contributed by atoms with E-state index in [4.69, 9.17) is 0 Å². The summed E-state index contributed by atoms with van der Waals surface area (Å²) < 4.78 is 0. The van der Waals surface area contributed by atoms with Gasteiger partial charge in [-0.1, -0.05) is 12.1 Å². The third-order valence-electron chi connectivity index (χ3n) is 2.62. The molecule has 0 saturated carbocycles. The highest BCUT2D eigenvalue weighted by Crippen LogP contribution is 2.22. The third-order valence-corrected chi connectivity index (χ3v) is 2.62. The standard InChI is InChI=1S/C12H11NO3/c14-8-11(15)9-3-1-4-10(7-9)13-6-2-5-12(13)16/h1,3-4,7-8H,2,5-6H2. The molecule has 1 aliphatic rings. The first-order valence-corrected chi connectivity index (χ1v) is 5.12. The molecule has 1 aliphatic heterocycles. The van der Waals surface area contributed by atoms with Crippen LogP contribution in [0, 0.1) is 0 Å². The summed E-state index contributed by atoms with van der Waals surface area (Å²) in [6.45, 7) is 0.678. The Kier molecular flexibility index (Phi) is 2.81. The Balaban J connectivity index is 2.31. The van der Waals surface area contributed by atoms with Crippen molar-refractivity contribution < 1.29 is 14.4 Å². The number of carbonyl (C=O) groups excluding carboxylic acids is 3. The van der Waals surface area contributed by atoms with Gasteiger partial charge in [-0.15, -0.1) is 0 Å². The number of ketones is 1. The summed E-state index contributed by atoms with van der Waals surface area (Å²) in [6, 6.07) is 6.60. The number of hydrogen-bond acceptors (Lipinski definition) is 3. The van der Waals surface area contributed by atoms with E-state index < -0.39 is 5.78 Å². The number of rotatable bonds is 3. The first kappa shape index (κ1) is 10.5. The number of carbonyl (C=O) groups is 3. The molecule has 1 aromatic rings. The smallest absolute Gasteiger partial charge is 0.227 e. The molecule has 1 fully saturated rings. The fraction of sp³-hybridized carbons (Fsp3) is 0.250. The summed E-state index contributed by atoms with van der Waals surface area (Å²) in [5.74, 6) is -0.496. The van der Waals surface area contributed by atoms with Crippen LogP contribution in [0.15, 0.2) is 24.3 Å². The van der Waals surface area contributed by atoms with E-state index in [2.05, 4.69) is 0 Å². The molecule has 1 heterocycles. The lowest BCUT2D eigenvalue weighted by molar-refractivity contribution is -0.117. The molecule has 1 amide bonds. The van der Waals surface area contributed by atoms with Crippen LogP contribution in [0.5, 0.6) is 0 Å². The van der Waals surface area contributed by atoms with Crippen molar-refractivity contribution in [1.82, 2.24) is 0 Å². The number of nitrogens with zero attached hydrogens (tertiary/aromatic N) is 1. The maximum atomic E-state index is 11.5. The SMILES string of the molecule is O=CC(=O)c1cccc(N2CCCC2=O)c1. The van der Waals surface area contributed by atoms with Gasteiger partial charge < -0.3 is 4.90 Å². The van der Waals surface area contributed by atoms with E-state index in [0.29, 0.717) is 24.2 Å². The maximum Gasteiger partial charge on any atom is 0.227 e. The minimum atomic E-state index is -0.562. The summed E-state index contributed by atoms with van der Waals surface area (Å²) in [7, 11) is 0. The predicted molar refractivity (Wildman–Crippen MR) is 58.4 cm³/mol. The van der Waals surface area contributed by atoms with Gasteiger partial charge in [0.2, 0.25) is 11.7 Å². The number of hydrogen-bond donors (Lipinski definition) is 0. The second-order valence-electron chi connectivity index (χ2n) is 3.68. The summed E-state index contributed by atoms with van der Waals surface area (Å²) in [6.07, 6.45) is 1.67. The topological polar surface area (TPSA) is 54.5 Å². The van der Waals surface area contributed by atoms with Gasteiger partial charge in [0.05, 0.1) is 0 Å². The van der Waals surface area contributed by atoms with E-state index in [1.165, 1.54) is 0 Å². The van der Waals surface area contributed by atoms with Crippen LogP contribution in [-0.4, -0.2) is 24.5 Å². The zero-order valence-electron chi connectivity index (χ0n) is 8.68. The molecule has 0 N–H and O–H groups in total. The molecule has 4 heteroatoms. The molecule has 0 bridgehead atoms. The van der Waals surface area contributed by atoms with Gasteiger partial charge in [0.15, 0.2) is 6.29 Å². The van der Waals surface area contributed by atoms with Crippen molar-refractivity contribution in [3.63, 3.8) is 0 Å². The van der Waals surface area contributed by atoms with Crippen LogP contribution >= 0.6 is 0 Å². The first-order valence-electron chi connectivity index (χ1n) is 5.12. The summed E-state index contributed by atoms with van der Waals surface area (Å²) in [5.41, 5.74) is 1.02. The highest BCUT2D eigenvalue weighted by molar-refractivity contribution is 6.33. The molecule has 0 aliphatic carbocycles. The Morgan fingerprint density at radius 2 is 2.19 bits per heavy atom. The fourth-order valence-electron chi connectivity index (χ4n) is 1.82. The van der Waals surface area contributed by atoms with Crippen molar-refractivity contribution in [1.29, 1.82) is 0 Å². The van der Waals surface area contributed by atoms with E-state index in [0.717, 1.165) is 6.42 Å². The van der Waals surface area contributed by atoms with E-state index in [1.54, 1.807) is 29.2 Å².